The molecule has 1 unspecified atom stereocenters. The van der Waals surface area contributed by atoms with Gasteiger partial charge in [0.15, 0.2) is 0 Å². The summed E-state index contributed by atoms with van der Waals surface area (Å²) < 4.78 is 5.06. The number of hydrogen-bond donors (Lipinski definition) is 3. The van der Waals surface area contributed by atoms with Gasteiger partial charge in [-0.3, -0.25) is 4.79 Å². The number of amides is 1. The van der Waals surface area contributed by atoms with Gasteiger partial charge >= 0.3 is 5.63 Å². The summed E-state index contributed by atoms with van der Waals surface area (Å²) in [6.45, 7) is 1.37. The summed E-state index contributed by atoms with van der Waals surface area (Å²) >= 11 is 0. The number of aliphatic hydroxyl groups is 1. The highest BCUT2D eigenvalue weighted by Crippen LogP contribution is 2.20. The van der Waals surface area contributed by atoms with Gasteiger partial charge in [0.05, 0.1) is 6.61 Å². The summed E-state index contributed by atoms with van der Waals surface area (Å²) in [7, 11) is 0. The third-order valence-electron chi connectivity index (χ3n) is 2.75. The lowest BCUT2D eigenvalue weighted by Gasteiger charge is -2.10. The first kappa shape index (κ1) is 13.3. The van der Waals surface area contributed by atoms with Gasteiger partial charge in [0.1, 0.15) is 11.6 Å². The predicted molar refractivity (Wildman–Crippen MR) is 70.9 cm³/mol. The number of nitrogens with one attached hydrogen (secondary N) is 1. The van der Waals surface area contributed by atoms with Crippen molar-refractivity contribution < 1.29 is 14.3 Å². The molecule has 0 aliphatic rings. The largest absolute Gasteiger partial charge is 0.423 e. The number of carbonyl (C=O) groups excluding carboxylic acids is 1. The molecule has 6 nitrogen and oxygen atoms in total. The highest BCUT2D eigenvalue weighted by molar-refractivity contribution is 5.96. The van der Waals surface area contributed by atoms with Crippen LogP contribution < -0.4 is 16.7 Å². The molecule has 1 atom stereocenters. The molecule has 1 aromatic carbocycles. The summed E-state index contributed by atoms with van der Waals surface area (Å²) in [5.74, 6) is -0.503. The highest BCUT2D eigenvalue weighted by Gasteiger charge is 2.12. The second-order valence-corrected chi connectivity index (χ2v) is 4.24. The molecule has 0 saturated heterocycles. The first-order valence-corrected chi connectivity index (χ1v) is 5.73. The van der Waals surface area contributed by atoms with E-state index in [-0.39, 0.29) is 0 Å². The lowest BCUT2D eigenvalue weighted by atomic mass is 10.1. The van der Waals surface area contributed by atoms with E-state index < -0.39 is 24.2 Å². The number of carbonyl (C=O) groups is 1. The van der Waals surface area contributed by atoms with Gasteiger partial charge in [-0.2, -0.15) is 0 Å². The van der Waals surface area contributed by atoms with Gasteiger partial charge in [0.25, 0.3) is 0 Å². The molecule has 0 aliphatic carbocycles. The Hall–Kier alpha value is -2.18. The smallest absolute Gasteiger partial charge is 0.336 e. The van der Waals surface area contributed by atoms with Crippen LogP contribution in [0.5, 0.6) is 0 Å². The van der Waals surface area contributed by atoms with Crippen molar-refractivity contribution in [2.24, 2.45) is 5.73 Å². The van der Waals surface area contributed by atoms with Gasteiger partial charge < -0.3 is 20.6 Å². The summed E-state index contributed by atoms with van der Waals surface area (Å²) in [4.78, 5) is 22.8. The maximum atomic E-state index is 11.5. The van der Waals surface area contributed by atoms with Gasteiger partial charge in [-0.15, -0.1) is 0 Å². The molecule has 19 heavy (non-hydrogen) atoms. The van der Waals surface area contributed by atoms with Gasteiger partial charge in [-0.1, -0.05) is 0 Å². The van der Waals surface area contributed by atoms with Crippen molar-refractivity contribution in [2.45, 2.75) is 13.0 Å². The zero-order valence-corrected chi connectivity index (χ0v) is 10.3. The van der Waals surface area contributed by atoms with Crippen molar-refractivity contribution >= 4 is 22.6 Å². The summed E-state index contributed by atoms with van der Waals surface area (Å²) in [6, 6.07) is 5.39. The second kappa shape index (κ2) is 5.21. The zero-order valence-electron chi connectivity index (χ0n) is 10.3. The molecule has 100 valence electrons. The second-order valence-electron chi connectivity index (χ2n) is 4.24. The molecule has 0 radical (unpaired) electrons. The Morgan fingerprint density at radius 1 is 1.47 bits per heavy atom. The normalized spacial score (nSPS) is 12.4. The van der Waals surface area contributed by atoms with Gasteiger partial charge in [-0.05, 0) is 24.6 Å². The van der Waals surface area contributed by atoms with E-state index in [9.17, 15) is 9.59 Å². The van der Waals surface area contributed by atoms with E-state index in [1.165, 1.54) is 6.07 Å². The lowest BCUT2D eigenvalue weighted by Crippen LogP contribution is -2.38. The number of anilines is 1. The van der Waals surface area contributed by atoms with Crippen molar-refractivity contribution in [2.75, 3.05) is 11.9 Å². The highest BCUT2D eigenvalue weighted by atomic mass is 16.4. The molecule has 2 aromatic rings. The average molecular weight is 262 g/mol. The minimum atomic E-state index is -0.986. The number of nitrogens with two attached hydrogens (primary N) is 1. The molecular formula is C13H14N2O4. The van der Waals surface area contributed by atoms with E-state index >= 15 is 0 Å². The monoisotopic (exact) mass is 262 g/mol. The van der Waals surface area contributed by atoms with E-state index in [1.807, 2.05) is 0 Å². The zero-order chi connectivity index (χ0) is 14.0. The fraction of sp³-hybridized carbons (Fsp3) is 0.231. The van der Waals surface area contributed by atoms with Crippen LogP contribution in [0.4, 0.5) is 5.69 Å². The maximum Gasteiger partial charge on any atom is 0.336 e. The summed E-state index contributed by atoms with van der Waals surface area (Å²) in [5.41, 5.74) is 6.59. The fourth-order valence-corrected chi connectivity index (χ4v) is 1.72. The van der Waals surface area contributed by atoms with E-state index in [0.717, 1.165) is 10.9 Å². The van der Waals surface area contributed by atoms with Gasteiger partial charge in [0.2, 0.25) is 5.91 Å². The first-order valence-electron chi connectivity index (χ1n) is 5.73. The molecule has 2 rings (SSSR count). The number of benzene rings is 1. The number of aryl methyl sites for hydroxylation is 1. The van der Waals surface area contributed by atoms with Crippen LogP contribution in [-0.2, 0) is 4.79 Å². The van der Waals surface area contributed by atoms with Crippen molar-refractivity contribution in [3.8, 4) is 0 Å². The first-order chi connectivity index (χ1) is 9.01. The molecule has 0 saturated carbocycles. The third kappa shape index (κ3) is 2.81. The van der Waals surface area contributed by atoms with E-state index in [1.54, 1.807) is 25.1 Å². The Balaban J connectivity index is 2.37. The lowest BCUT2D eigenvalue weighted by molar-refractivity contribution is -0.118. The number of fused-ring (bicyclic) bond motifs is 1. The van der Waals surface area contributed by atoms with Crippen molar-refractivity contribution in [3.63, 3.8) is 0 Å². The topological polar surface area (TPSA) is 106 Å². The third-order valence-corrected chi connectivity index (χ3v) is 2.75. The van der Waals surface area contributed by atoms with Gasteiger partial charge in [-0.25, -0.2) is 4.79 Å². The average Bonchev–Trinajstić information content (AvgIpc) is 2.36. The molecule has 1 amide bonds. The molecule has 0 bridgehead atoms. The molecule has 0 aliphatic heterocycles. The van der Waals surface area contributed by atoms with E-state index in [2.05, 4.69) is 5.32 Å². The molecule has 1 aromatic heterocycles. The van der Waals surface area contributed by atoms with E-state index in [4.69, 9.17) is 15.3 Å². The van der Waals surface area contributed by atoms with Crippen LogP contribution in [0, 0.1) is 6.92 Å². The van der Waals surface area contributed by atoms with Crippen molar-refractivity contribution in [1.82, 2.24) is 0 Å². The Morgan fingerprint density at radius 3 is 2.89 bits per heavy atom. The van der Waals surface area contributed by atoms with Crippen molar-refractivity contribution in [3.05, 3.63) is 40.2 Å². The Bertz CT molecular complexity index is 678. The van der Waals surface area contributed by atoms with Crippen molar-refractivity contribution in [1.29, 1.82) is 0 Å². The van der Waals surface area contributed by atoms with Crippen LogP contribution in [0.25, 0.3) is 11.0 Å². The minimum absolute atomic E-state index is 0.389. The van der Waals surface area contributed by atoms with Gasteiger partial charge in [0, 0.05) is 23.2 Å². The van der Waals surface area contributed by atoms with Crippen LogP contribution >= 0.6 is 0 Å². The molecule has 1 heterocycles. The molecule has 0 spiro atoms. The summed E-state index contributed by atoms with van der Waals surface area (Å²) in [5, 5.41) is 12.1. The molecule has 4 N–H and O–H groups in total. The van der Waals surface area contributed by atoms with Crippen LogP contribution in [0.15, 0.2) is 33.5 Å². The standard InChI is InChI=1S/C13H14N2O4/c1-7-4-12(17)19-11-5-8(2-3-9(7)11)15-13(18)10(14)6-16/h2-5,10,16H,6,14H2,1H3,(H,15,18). The molecular weight excluding hydrogens is 248 g/mol. The molecule has 0 fully saturated rings. The Morgan fingerprint density at radius 2 is 2.21 bits per heavy atom. The van der Waals surface area contributed by atoms with E-state index in [0.29, 0.717) is 11.3 Å². The minimum Gasteiger partial charge on any atom is -0.423 e. The SMILES string of the molecule is Cc1cc(=O)oc2cc(NC(=O)C(N)CO)ccc12. The number of hydrogen-bond acceptors (Lipinski definition) is 5. The number of aliphatic hydroxyl groups excluding tert-OH is 1. The quantitative estimate of drug-likeness (QED) is 0.692. The Kier molecular flexibility index (Phi) is 3.64. The number of rotatable bonds is 3. The predicted octanol–water partition coefficient (Wildman–Crippen LogP) is 0.360. The Labute approximate surface area is 108 Å². The van der Waals surface area contributed by atoms with Crippen LogP contribution in [-0.4, -0.2) is 23.7 Å². The van der Waals surface area contributed by atoms with Crippen LogP contribution in [0.3, 0.4) is 0 Å². The maximum absolute atomic E-state index is 11.5. The van der Waals surface area contributed by atoms with Crippen LogP contribution in [0.1, 0.15) is 5.56 Å². The van der Waals surface area contributed by atoms with Crippen LogP contribution in [0.2, 0.25) is 0 Å². The fourth-order valence-electron chi connectivity index (χ4n) is 1.72. The summed E-state index contributed by atoms with van der Waals surface area (Å²) in [6.07, 6.45) is 0. The molecule has 6 heteroatoms.